The molecule has 1 unspecified atom stereocenters. The number of aryl methyl sites for hydroxylation is 1. The molecule has 0 fully saturated rings. The van der Waals surface area contributed by atoms with Crippen molar-refractivity contribution in [3.05, 3.63) is 34.4 Å². The van der Waals surface area contributed by atoms with Crippen LogP contribution in [0.3, 0.4) is 0 Å². The molecule has 0 radical (unpaired) electrons. The molecule has 11 nitrogen and oxygen atoms in total. The zero-order chi connectivity index (χ0) is 26.6. The van der Waals surface area contributed by atoms with Crippen LogP contribution in [0.1, 0.15) is 69.9 Å². The Morgan fingerprint density at radius 1 is 0.788 bits per heavy atom. The molecule has 0 amide bonds. The van der Waals surface area contributed by atoms with Crippen molar-refractivity contribution in [1.82, 2.24) is 0 Å². The minimum atomic E-state index is -5.05. The first kappa shape index (κ1) is 32.3. The first-order chi connectivity index (χ1) is 14.5. The van der Waals surface area contributed by atoms with Crippen molar-refractivity contribution in [3.8, 4) is 0 Å². The van der Waals surface area contributed by atoms with E-state index in [2.05, 4.69) is 45.9 Å². The van der Waals surface area contributed by atoms with E-state index < -0.39 is 47.0 Å². The lowest BCUT2D eigenvalue weighted by Gasteiger charge is -2.39. The van der Waals surface area contributed by atoms with Crippen molar-refractivity contribution < 1.29 is 53.4 Å². The van der Waals surface area contributed by atoms with Crippen LogP contribution in [0.25, 0.3) is 0 Å². The van der Waals surface area contributed by atoms with Crippen molar-refractivity contribution in [2.75, 3.05) is 19.8 Å². The minimum absolute atomic E-state index is 0.228. The van der Waals surface area contributed by atoms with E-state index in [-0.39, 0.29) is 10.8 Å². The SMILES string of the molecule is Cc1cc(C(C)(C)C)c(C(O)C(CO)(CO)CO)c(C(C)(C)C)c1.O=P(O)(O)OP(=O)(O)O. The number of hydrogen-bond donors (Lipinski definition) is 8. The Morgan fingerprint density at radius 3 is 1.27 bits per heavy atom. The molecule has 1 aromatic carbocycles. The van der Waals surface area contributed by atoms with Crippen molar-refractivity contribution >= 4 is 15.6 Å². The van der Waals surface area contributed by atoms with Gasteiger partial charge in [0.25, 0.3) is 0 Å². The maximum atomic E-state index is 11.1. The van der Waals surface area contributed by atoms with Crippen molar-refractivity contribution in [2.45, 2.75) is 65.4 Å². The van der Waals surface area contributed by atoms with Gasteiger partial charge in [-0.1, -0.05) is 59.2 Å². The third-order valence-corrected chi connectivity index (χ3v) is 6.65. The molecule has 0 aliphatic carbocycles. The van der Waals surface area contributed by atoms with Crippen molar-refractivity contribution in [3.63, 3.8) is 0 Å². The standard InChI is InChI=1S/C20H34O4.H4O7P2/c1-13-8-14(18(2,3)4)16(15(9-13)19(5,6)7)17(24)20(10-21,11-22)12-23;1-8(2,3)7-9(4,5)6/h8-9,17,21-24H,10-12H2,1-7H3;(H2,1,2,3)(H2,4,5,6). The van der Waals surface area contributed by atoms with Gasteiger partial charge in [0.05, 0.1) is 31.3 Å². The minimum Gasteiger partial charge on any atom is -0.395 e. The number of aliphatic hydroxyl groups is 4. The molecule has 0 bridgehead atoms. The summed E-state index contributed by atoms with van der Waals surface area (Å²) in [6.45, 7) is 13.0. The molecule has 0 spiro atoms. The molecule has 0 aromatic heterocycles. The average molecular weight is 516 g/mol. The fourth-order valence-electron chi connectivity index (χ4n) is 3.19. The second-order valence-electron chi connectivity index (χ2n) is 10.1. The van der Waals surface area contributed by atoms with Gasteiger partial charge < -0.3 is 40.0 Å². The van der Waals surface area contributed by atoms with E-state index in [9.17, 15) is 29.6 Å². The van der Waals surface area contributed by atoms with Crippen LogP contribution in [0.15, 0.2) is 12.1 Å². The molecule has 0 aliphatic heterocycles. The second kappa shape index (κ2) is 11.4. The lowest BCUT2D eigenvalue weighted by molar-refractivity contribution is -0.0862. The lowest BCUT2D eigenvalue weighted by Crippen LogP contribution is -2.42. The molecule has 1 aromatic rings. The quantitative estimate of drug-likeness (QED) is 0.245. The van der Waals surface area contributed by atoms with E-state index in [1.54, 1.807) is 0 Å². The first-order valence-corrected chi connectivity index (χ1v) is 13.1. The first-order valence-electron chi connectivity index (χ1n) is 10.0. The van der Waals surface area contributed by atoms with Crippen molar-refractivity contribution in [1.29, 1.82) is 0 Å². The summed E-state index contributed by atoms with van der Waals surface area (Å²) in [5, 5.41) is 40.4. The van der Waals surface area contributed by atoms with Crippen LogP contribution in [-0.2, 0) is 24.3 Å². The van der Waals surface area contributed by atoms with Gasteiger partial charge in [0.1, 0.15) is 0 Å². The smallest absolute Gasteiger partial charge is 0.395 e. The molecule has 194 valence electrons. The highest BCUT2D eigenvalue weighted by molar-refractivity contribution is 7.60. The van der Waals surface area contributed by atoms with Gasteiger partial charge in [-0.25, -0.2) is 9.13 Å². The monoisotopic (exact) mass is 516 g/mol. The average Bonchev–Trinajstić information content (AvgIpc) is 2.58. The maximum absolute atomic E-state index is 11.1. The van der Waals surface area contributed by atoms with Gasteiger partial charge in [-0.3, -0.25) is 0 Å². The van der Waals surface area contributed by atoms with Gasteiger partial charge in [-0.2, -0.15) is 4.31 Å². The van der Waals surface area contributed by atoms with Gasteiger partial charge in [-0.15, -0.1) is 0 Å². The summed E-state index contributed by atoms with van der Waals surface area (Å²) in [6.07, 6.45) is -1.17. The van der Waals surface area contributed by atoms with Crippen LogP contribution >= 0.6 is 15.6 Å². The second-order valence-corrected chi connectivity index (χ2v) is 12.7. The Hall–Kier alpha value is -0.680. The fraction of sp³-hybridized carbons (Fsp3) is 0.700. The molecular formula is C20H38O11P2. The topological polar surface area (TPSA) is 205 Å². The third kappa shape index (κ3) is 9.84. The molecule has 33 heavy (non-hydrogen) atoms. The molecule has 0 saturated carbocycles. The van der Waals surface area contributed by atoms with E-state index in [1.807, 2.05) is 19.1 Å². The van der Waals surface area contributed by atoms with Crippen LogP contribution < -0.4 is 0 Å². The molecule has 0 heterocycles. The summed E-state index contributed by atoms with van der Waals surface area (Å²) in [6, 6.07) is 4.09. The predicted molar refractivity (Wildman–Crippen MR) is 122 cm³/mol. The van der Waals surface area contributed by atoms with E-state index in [0.717, 1.165) is 16.7 Å². The zero-order valence-electron chi connectivity index (χ0n) is 20.1. The van der Waals surface area contributed by atoms with Crippen LogP contribution in [-0.4, -0.2) is 59.8 Å². The summed E-state index contributed by atoms with van der Waals surface area (Å²) in [4.78, 5) is 31.0. The van der Waals surface area contributed by atoms with Gasteiger partial charge in [0, 0.05) is 0 Å². The van der Waals surface area contributed by atoms with Crippen molar-refractivity contribution in [2.24, 2.45) is 5.41 Å². The Balaban J connectivity index is 0.000000960. The van der Waals surface area contributed by atoms with E-state index in [0.29, 0.717) is 5.56 Å². The number of phosphoric acid groups is 2. The molecule has 0 aliphatic rings. The summed E-state index contributed by atoms with van der Waals surface area (Å²) in [5.74, 6) is 0. The predicted octanol–water partition coefficient (Wildman–Crippen LogP) is 1.78. The molecule has 8 N–H and O–H groups in total. The molecule has 13 heteroatoms. The van der Waals surface area contributed by atoms with E-state index in [4.69, 9.17) is 19.6 Å². The Kier molecular flexibility index (Phi) is 11.1. The highest BCUT2D eigenvalue weighted by Crippen LogP contribution is 2.53. The molecular weight excluding hydrogens is 478 g/mol. The summed E-state index contributed by atoms with van der Waals surface area (Å²) < 4.78 is 22.2. The van der Waals surface area contributed by atoms with E-state index >= 15 is 0 Å². The van der Waals surface area contributed by atoms with Gasteiger partial charge in [0.15, 0.2) is 0 Å². The van der Waals surface area contributed by atoms with Crippen LogP contribution in [0, 0.1) is 12.3 Å². The molecule has 0 saturated heterocycles. The molecule has 1 atom stereocenters. The highest BCUT2D eigenvalue weighted by Gasteiger charge is 2.42. The number of aliphatic hydroxyl groups excluding tert-OH is 4. The molecule has 1 rings (SSSR count). The maximum Gasteiger partial charge on any atom is 0.478 e. The summed E-state index contributed by atoms with van der Waals surface area (Å²) in [7, 11) is -10.1. The van der Waals surface area contributed by atoms with Gasteiger partial charge in [0.2, 0.25) is 0 Å². The zero-order valence-corrected chi connectivity index (χ0v) is 21.8. The van der Waals surface area contributed by atoms with Crippen LogP contribution in [0.4, 0.5) is 0 Å². The van der Waals surface area contributed by atoms with Crippen LogP contribution in [0.2, 0.25) is 0 Å². The number of rotatable bonds is 7. The Labute approximate surface area is 194 Å². The summed E-state index contributed by atoms with van der Waals surface area (Å²) in [5.41, 5.74) is 1.92. The lowest BCUT2D eigenvalue weighted by atomic mass is 9.69. The van der Waals surface area contributed by atoms with Crippen LogP contribution in [0.5, 0.6) is 0 Å². The number of hydrogen-bond acceptors (Lipinski definition) is 7. The Bertz CT molecular complexity index is 808. The number of benzene rings is 1. The fourth-order valence-corrected chi connectivity index (χ4v) is 4.30. The van der Waals surface area contributed by atoms with E-state index in [1.165, 1.54) is 0 Å². The third-order valence-electron chi connectivity index (χ3n) is 4.95. The van der Waals surface area contributed by atoms with Gasteiger partial charge in [-0.05, 0) is 34.4 Å². The summed E-state index contributed by atoms with van der Waals surface area (Å²) >= 11 is 0. The Morgan fingerprint density at radius 2 is 1.09 bits per heavy atom. The largest absolute Gasteiger partial charge is 0.478 e. The normalized spacial score (nSPS) is 14.5. The highest BCUT2D eigenvalue weighted by atomic mass is 31.3. The van der Waals surface area contributed by atoms with Gasteiger partial charge >= 0.3 is 15.6 Å².